The molecule has 0 saturated heterocycles. The molecule has 0 bridgehead atoms. The van der Waals surface area contributed by atoms with Gasteiger partial charge >= 0.3 is 0 Å². The van der Waals surface area contributed by atoms with Crippen molar-refractivity contribution in [2.45, 2.75) is 72.3 Å². The van der Waals surface area contributed by atoms with Crippen LogP contribution in [-0.4, -0.2) is 36.7 Å². The number of benzene rings is 2. The standard InChI is InChI=1S/C34H39Cl2NO4/c1-33(2)16-25-31(27(38)18-33)30(32-26(37(25)12-7-13-40-5)17-34(3,4)19-28(32)39)22-10-11-29(24(36)15-22)41-20-21-8-6-9-23(35)14-21/h6,8-11,14-15,30H,7,12-13,16-20H2,1-5H3. The molecular formula is C34H39Cl2NO4. The van der Waals surface area contributed by atoms with Crippen LogP contribution in [0.25, 0.3) is 0 Å². The fourth-order valence-electron chi connectivity index (χ4n) is 6.62. The fourth-order valence-corrected chi connectivity index (χ4v) is 7.08. The highest BCUT2D eigenvalue weighted by Gasteiger charge is 2.48. The summed E-state index contributed by atoms with van der Waals surface area (Å²) in [6.07, 6.45) is 3.26. The van der Waals surface area contributed by atoms with E-state index in [2.05, 4.69) is 32.6 Å². The van der Waals surface area contributed by atoms with Gasteiger partial charge in [-0.3, -0.25) is 9.59 Å². The highest BCUT2D eigenvalue weighted by atomic mass is 35.5. The van der Waals surface area contributed by atoms with Gasteiger partial charge in [-0.05, 0) is 65.5 Å². The molecule has 41 heavy (non-hydrogen) atoms. The topological polar surface area (TPSA) is 55.8 Å². The summed E-state index contributed by atoms with van der Waals surface area (Å²) in [5.41, 5.74) is 5.05. The van der Waals surface area contributed by atoms with E-state index in [0.29, 0.717) is 48.4 Å². The molecule has 3 aliphatic rings. The van der Waals surface area contributed by atoms with E-state index in [-0.39, 0.29) is 22.4 Å². The Hall–Kier alpha value is -2.60. The van der Waals surface area contributed by atoms with Gasteiger partial charge in [-0.15, -0.1) is 0 Å². The van der Waals surface area contributed by atoms with E-state index in [4.69, 9.17) is 32.7 Å². The number of halogens is 2. The normalized spacial score (nSPS) is 20.3. The van der Waals surface area contributed by atoms with Gasteiger partial charge in [0.1, 0.15) is 12.4 Å². The number of nitrogens with zero attached hydrogens (tertiary/aromatic N) is 1. The zero-order chi connectivity index (χ0) is 29.5. The highest BCUT2D eigenvalue weighted by Crippen LogP contribution is 2.54. The molecule has 0 unspecified atom stereocenters. The van der Waals surface area contributed by atoms with Gasteiger partial charge in [0, 0.05) is 66.6 Å². The van der Waals surface area contributed by atoms with Crippen LogP contribution in [0.4, 0.5) is 0 Å². The summed E-state index contributed by atoms with van der Waals surface area (Å²) in [4.78, 5) is 30.2. The van der Waals surface area contributed by atoms with Crippen LogP contribution < -0.4 is 4.74 Å². The Labute approximate surface area is 253 Å². The van der Waals surface area contributed by atoms with E-state index >= 15 is 0 Å². The Balaban J connectivity index is 1.58. The number of rotatable bonds is 8. The number of methoxy groups -OCH3 is 1. The zero-order valence-corrected chi connectivity index (χ0v) is 26.1. The SMILES string of the molecule is COCCCN1C2=C(C(=O)CC(C)(C)C2)C(c2ccc(OCc3cccc(Cl)c3)c(Cl)c2)C2=C1CC(C)(C)CC2=O. The number of hydrogen-bond acceptors (Lipinski definition) is 5. The van der Waals surface area contributed by atoms with Crippen molar-refractivity contribution in [3.8, 4) is 5.75 Å². The molecule has 0 amide bonds. The largest absolute Gasteiger partial charge is 0.487 e. The molecule has 5 nitrogen and oxygen atoms in total. The predicted octanol–water partition coefficient (Wildman–Crippen LogP) is 8.29. The number of carbonyl (C=O) groups is 2. The van der Waals surface area contributed by atoms with Crippen LogP contribution in [0.2, 0.25) is 10.0 Å². The lowest BCUT2D eigenvalue weighted by Gasteiger charge is -2.49. The van der Waals surface area contributed by atoms with Crippen molar-refractivity contribution in [1.29, 1.82) is 0 Å². The molecule has 2 aromatic rings. The van der Waals surface area contributed by atoms with Crippen LogP contribution in [0.1, 0.15) is 76.8 Å². The molecule has 0 fully saturated rings. The molecule has 7 heteroatoms. The monoisotopic (exact) mass is 595 g/mol. The fraction of sp³-hybridized carbons (Fsp3) is 0.471. The number of ether oxygens (including phenoxy) is 2. The predicted molar refractivity (Wildman–Crippen MR) is 163 cm³/mol. The third kappa shape index (κ3) is 6.28. The number of Topliss-reactive ketones (excluding diaryl/α,β-unsaturated/α-hetero) is 2. The average Bonchev–Trinajstić information content (AvgIpc) is 2.87. The maximum Gasteiger partial charge on any atom is 0.162 e. The van der Waals surface area contributed by atoms with Crippen molar-refractivity contribution in [2.75, 3.05) is 20.3 Å². The first-order chi connectivity index (χ1) is 19.4. The minimum absolute atomic E-state index is 0.111. The van der Waals surface area contributed by atoms with Crippen molar-refractivity contribution < 1.29 is 19.1 Å². The second-order valence-electron chi connectivity index (χ2n) is 13.1. The Morgan fingerprint density at radius 3 is 2.07 bits per heavy atom. The van der Waals surface area contributed by atoms with Gasteiger partial charge in [-0.2, -0.15) is 0 Å². The molecule has 2 aliphatic carbocycles. The number of allylic oxidation sites excluding steroid dienone is 4. The Morgan fingerprint density at radius 2 is 1.51 bits per heavy atom. The maximum atomic E-state index is 13.9. The van der Waals surface area contributed by atoms with Gasteiger partial charge in [0.05, 0.1) is 5.02 Å². The van der Waals surface area contributed by atoms with Crippen molar-refractivity contribution in [1.82, 2.24) is 4.90 Å². The quantitative estimate of drug-likeness (QED) is 0.287. The number of carbonyl (C=O) groups excluding carboxylic acids is 2. The summed E-state index contributed by atoms with van der Waals surface area (Å²) in [6.45, 7) is 10.3. The molecule has 0 saturated carbocycles. The molecule has 1 heterocycles. The van der Waals surface area contributed by atoms with Crippen LogP contribution in [0.3, 0.4) is 0 Å². The minimum Gasteiger partial charge on any atom is -0.487 e. The van der Waals surface area contributed by atoms with Crippen molar-refractivity contribution >= 4 is 34.8 Å². The second kappa shape index (κ2) is 11.6. The molecule has 0 radical (unpaired) electrons. The molecule has 0 spiro atoms. The first-order valence-electron chi connectivity index (χ1n) is 14.3. The van der Waals surface area contributed by atoms with Gasteiger partial charge in [0.2, 0.25) is 0 Å². The first kappa shape index (κ1) is 29.9. The molecular weight excluding hydrogens is 557 g/mol. The van der Waals surface area contributed by atoms with Crippen molar-refractivity contribution in [3.05, 3.63) is 86.2 Å². The maximum absolute atomic E-state index is 13.9. The smallest absolute Gasteiger partial charge is 0.162 e. The molecule has 218 valence electrons. The molecule has 0 aromatic heterocycles. The lowest BCUT2D eigenvalue weighted by molar-refractivity contribution is -0.119. The second-order valence-corrected chi connectivity index (χ2v) is 14.0. The van der Waals surface area contributed by atoms with E-state index < -0.39 is 5.92 Å². The zero-order valence-electron chi connectivity index (χ0n) is 24.6. The summed E-state index contributed by atoms with van der Waals surface area (Å²) < 4.78 is 11.4. The Morgan fingerprint density at radius 1 is 0.878 bits per heavy atom. The third-order valence-corrected chi connectivity index (χ3v) is 8.86. The first-order valence-corrected chi connectivity index (χ1v) is 15.1. The van der Waals surface area contributed by atoms with E-state index in [9.17, 15) is 9.59 Å². The molecule has 1 aliphatic heterocycles. The van der Waals surface area contributed by atoms with Crippen LogP contribution in [0.5, 0.6) is 5.75 Å². The molecule has 5 rings (SSSR count). The van der Waals surface area contributed by atoms with Crippen LogP contribution in [0.15, 0.2) is 65.0 Å². The molecule has 0 atom stereocenters. The summed E-state index contributed by atoms with van der Waals surface area (Å²) >= 11 is 12.9. The van der Waals surface area contributed by atoms with E-state index in [1.165, 1.54) is 0 Å². The van der Waals surface area contributed by atoms with Crippen LogP contribution in [-0.2, 0) is 20.9 Å². The van der Waals surface area contributed by atoms with Crippen molar-refractivity contribution in [2.24, 2.45) is 10.8 Å². The third-order valence-electron chi connectivity index (χ3n) is 8.32. The Kier molecular flexibility index (Phi) is 8.44. The lowest BCUT2D eigenvalue weighted by atomic mass is 9.63. The van der Waals surface area contributed by atoms with Gasteiger partial charge in [-0.1, -0.05) is 69.1 Å². The van der Waals surface area contributed by atoms with E-state index in [1.54, 1.807) is 7.11 Å². The van der Waals surface area contributed by atoms with E-state index in [1.807, 2.05) is 42.5 Å². The number of ketones is 2. The highest BCUT2D eigenvalue weighted by molar-refractivity contribution is 6.32. The minimum atomic E-state index is -0.439. The van der Waals surface area contributed by atoms with Gasteiger partial charge < -0.3 is 14.4 Å². The van der Waals surface area contributed by atoms with Crippen LogP contribution >= 0.6 is 23.2 Å². The molecule has 0 N–H and O–H groups in total. The van der Waals surface area contributed by atoms with E-state index in [0.717, 1.165) is 52.9 Å². The summed E-state index contributed by atoms with van der Waals surface area (Å²) in [6, 6.07) is 13.2. The summed E-state index contributed by atoms with van der Waals surface area (Å²) in [7, 11) is 1.70. The average molecular weight is 597 g/mol. The Bertz CT molecular complexity index is 1380. The lowest BCUT2D eigenvalue weighted by Crippen LogP contribution is -2.44. The van der Waals surface area contributed by atoms with Crippen LogP contribution in [0, 0.1) is 10.8 Å². The van der Waals surface area contributed by atoms with Gasteiger partial charge in [0.15, 0.2) is 11.6 Å². The van der Waals surface area contributed by atoms with Crippen molar-refractivity contribution in [3.63, 3.8) is 0 Å². The van der Waals surface area contributed by atoms with Gasteiger partial charge in [0.25, 0.3) is 0 Å². The number of hydrogen-bond donors (Lipinski definition) is 0. The summed E-state index contributed by atoms with van der Waals surface area (Å²) in [5.74, 6) is 0.326. The summed E-state index contributed by atoms with van der Waals surface area (Å²) in [5, 5.41) is 1.10. The molecule has 2 aromatic carbocycles. The van der Waals surface area contributed by atoms with Gasteiger partial charge in [-0.25, -0.2) is 0 Å².